The molecule has 0 aromatic carbocycles. The molecule has 0 amide bonds. The quantitative estimate of drug-likeness (QED) is 0.842. The molecular weight excluding hydrogens is 244 g/mol. The van der Waals surface area contributed by atoms with E-state index in [9.17, 15) is 5.11 Å². The summed E-state index contributed by atoms with van der Waals surface area (Å²) in [7, 11) is 1.91. The van der Waals surface area contributed by atoms with E-state index in [0.29, 0.717) is 11.9 Å². The number of aliphatic hydroxyl groups excluding tert-OH is 1. The standard InChI is InChI=1S/C13H24N4O2/c1-4-14-9(2)12-15-16-13(19-12)17(3)10-7-5-6-8-11(10)18/h9-11,14,18H,4-8H2,1-3H3. The number of nitrogens with one attached hydrogen (secondary N) is 1. The SMILES string of the molecule is CCNC(C)c1nnc(N(C)C2CCCCC2O)o1. The molecule has 2 rings (SSSR count). The molecule has 0 bridgehead atoms. The summed E-state index contributed by atoms with van der Waals surface area (Å²) in [5.41, 5.74) is 0. The molecule has 0 radical (unpaired) electrons. The highest BCUT2D eigenvalue weighted by Gasteiger charge is 2.29. The number of anilines is 1. The summed E-state index contributed by atoms with van der Waals surface area (Å²) in [6.07, 6.45) is 3.75. The van der Waals surface area contributed by atoms with Crippen molar-refractivity contribution in [3.8, 4) is 0 Å². The zero-order valence-electron chi connectivity index (χ0n) is 12.0. The maximum absolute atomic E-state index is 10.1. The molecule has 3 unspecified atom stereocenters. The number of rotatable bonds is 5. The summed E-state index contributed by atoms with van der Waals surface area (Å²) in [6, 6.07) is 0.623. The van der Waals surface area contributed by atoms with E-state index in [1.165, 1.54) is 0 Å². The average molecular weight is 268 g/mol. The van der Waals surface area contributed by atoms with Gasteiger partial charge in [-0.25, -0.2) is 0 Å². The summed E-state index contributed by atoms with van der Waals surface area (Å²) in [6.45, 7) is 4.89. The van der Waals surface area contributed by atoms with Crippen molar-refractivity contribution in [2.75, 3.05) is 18.5 Å². The van der Waals surface area contributed by atoms with Gasteiger partial charge >= 0.3 is 6.01 Å². The van der Waals surface area contributed by atoms with E-state index < -0.39 is 0 Å². The largest absolute Gasteiger partial charge is 0.406 e. The maximum atomic E-state index is 10.1. The number of hydrogen-bond donors (Lipinski definition) is 2. The smallest absolute Gasteiger partial charge is 0.318 e. The minimum atomic E-state index is -0.305. The van der Waals surface area contributed by atoms with E-state index in [0.717, 1.165) is 32.2 Å². The van der Waals surface area contributed by atoms with Gasteiger partial charge in [0.15, 0.2) is 0 Å². The number of aliphatic hydroxyl groups is 1. The summed E-state index contributed by atoms with van der Waals surface area (Å²) < 4.78 is 5.69. The van der Waals surface area contributed by atoms with Crippen LogP contribution in [0.5, 0.6) is 0 Å². The third-order valence-corrected chi connectivity index (χ3v) is 3.80. The Morgan fingerprint density at radius 3 is 2.84 bits per heavy atom. The molecule has 0 saturated heterocycles. The molecule has 1 fully saturated rings. The molecule has 1 aromatic rings. The normalized spacial score (nSPS) is 25.3. The lowest BCUT2D eigenvalue weighted by Gasteiger charge is -2.33. The second-order valence-electron chi connectivity index (χ2n) is 5.23. The Morgan fingerprint density at radius 2 is 2.16 bits per heavy atom. The van der Waals surface area contributed by atoms with Crippen LogP contribution in [0.15, 0.2) is 4.42 Å². The van der Waals surface area contributed by atoms with Crippen molar-refractivity contribution in [3.63, 3.8) is 0 Å². The van der Waals surface area contributed by atoms with Gasteiger partial charge in [-0.2, -0.15) is 0 Å². The summed E-state index contributed by atoms with van der Waals surface area (Å²) in [4.78, 5) is 1.92. The Balaban J connectivity index is 2.04. The number of aromatic nitrogens is 2. The van der Waals surface area contributed by atoms with Gasteiger partial charge in [-0.1, -0.05) is 24.9 Å². The van der Waals surface area contributed by atoms with Gasteiger partial charge in [0.05, 0.1) is 18.2 Å². The average Bonchev–Trinajstić information content (AvgIpc) is 2.88. The van der Waals surface area contributed by atoms with Crippen LogP contribution in [0.3, 0.4) is 0 Å². The maximum Gasteiger partial charge on any atom is 0.318 e. The van der Waals surface area contributed by atoms with Crippen LogP contribution in [-0.2, 0) is 0 Å². The van der Waals surface area contributed by atoms with Gasteiger partial charge in [0, 0.05) is 7.05 Å². The highest BCUT2D eigenvalue weighted by atomic mass is 16.4. The van der Waals surface area contributed by atoms with Crippen LogP contribution in [-0.4, -0.2) is 41.0 Å². The Labute approximate surface area is 114 Å². The van der Waals surface area contributed by atoms with Crippen molar-refractivity contribution in [1.29, 1.82) is 0 Å². The lowest BCUT2D eigenvalue weighted by atomic mass is 9.92. The molecular formula is C13H24N4O2. The molecule has 0 aliphatic heterocycles. The van der Waals surface area contributed by atoms with Crippen molar-refractivity contribution >= 4 is 6.01 Å². The fraction of sp³-hybridized carbons (Fsp3) is 0.846. The van der Waals surface area contributed by atoms with Crippen molar-refractivity contribution in [1.82, 2.24) is 15.5 Å². The monoisotopic (exact) mass is 268 g/mol. The van der Waals surface area contributed by atoms with Crippen LogP contribution in [0.25, 0.3) is 0 Å². The van der Waals surface area contributed by atoms with Crippen LogP contribution in [0.2, 0.25) is 0 Å². The van der Waals surface area contributed by atoms with Crippen LogP contribution < -0.4 is 10.2 Å². The molecule has 2 N–H and O–H groups in total. The van der Waals surface area contributed by atoms with E-state index in [2.05, 4.69) is 15.5 Å². The Hall–Kier alpha value is -1.14. The Morgan fingerprint density at radius 1 is 1.42 bits per heavy atom. The summed E-state index contributed by atoms with van der Waals surface area (Å²) in [5.74, 6) is 0.592. The number of nitrogens with zero attached hydrogens (tertiary/aromatic N) is 3. The fourth-order valence-corrected chi connectivity index (χ4v) is 2.62. The second kappa shape index (κ2) is 6.34. The zero-order valence-corrected chi connectivity index (χ0v) is 12.0. The minimum absolute atomic E-state index is 0.0518. The van der Waals surface area contributed by atoms with Crippen LogP contribution in [0.4, 0.5) is 6.01 Å². The molecule has 1 aliphatic carbocycles. The Bertz CT molecular complexity index is 396. The zero-order chi connectivity index (χ0) is 13.8. The lowest BCUT2D eigenvalue weighted by Crippen LogP contribution is -2.43. The third kappa shape index (κ3) is 3.25. The first kappa shape index (κ1) is 14.3. The first-order valence-corrected chi connectivity index (χ1v) is 7.11. The van der Waals surface area contributed by atoms with Crippen LogP contribution in [0.1, 0.15) is 51.5 Å². The van der Waals surface area contributed by atoms with E-state index in [4.69, 9.17) is 4.42 Å². The van der Waals surface area contributed by atoms with Gasteiger partial charge in [0.2, 0.25) is 5.89 Å². The van der Waals surface area contributed by atoms with E-state index in [1.807, 2.05) is 25.8 Å². The first-order chi connectivity index (χ1) is 9.13. The number of hydrogen-bond acceptors (Lipinski definition) is 6. The molecule has 6 nitrogen and oxygen atoms in total. The molecule has 1 heterocycles. The molecule has 6 heteroatoms. The van der Waals surface area contributed by atoms with Crippen molar-refractivity contribution < 1.29 is 9.52 Å². The van der Waals surface area contributed by atoms with Gasteiger partial charge in [-0.15, -0.1) is 5.10 Å². The van der Waals surface area contributed by atoms with Crippen molar-refractivity contribution in [2.24, 2.45) is 0 Å². The van der Waals surface area contributed by atoms with Crippen molar-refractivity contribution in [3.05, 3.63) is 5.89 Å². The molecule has 1 aromatic heterocycles. The molecule has 19 heavy (non-hydrogen) atoms. The van der Waals surface area contributed by atoms with Crippen LogP contribution >= 0.6 is 0 Å². The third-order valence-electron chi connectivity index (χ3n) is 3.80. The van der Waals surface area contributed by atoms with E-state index in [-0.39, 0.29) is 18.2 Å². The molecule has 3 atom stereocenters. The molecule has 1 saturated carbocycles. The first-order valence-electron chi connectivity index (χ1n) is 7.11. The van der Waals surface area contributed by atoms with Gasteiger partial charge in [0.25, 0.3) is 0 Å². The topological polar surface area (TPSA) is 74.4 Å². The molecule has 0 spiro atoms. The van der Waals surface area contributed by atoms with Gasteiger partial charge in [0.1, 0.15) is 0 Å². The van der Waals surface area contributed by atoms with Gasteiger partial charge < -0.3 is 19.7 Å². The van der Waals surface area contributed by atoms with E-state index >= 15 is 0 Å². The minimum Gasteiger partial charge on any atom is -0.406 e. The highest BCUT2D eigenvalue weighted by Crippen LogP contribution is 2.26. The predicted molar refractivity (Wildman–Crippen MR) is 73.1 cm³/mol. The van der Waals surface area contributed by atoms with Crippen LogP contribution in [0, 0.1) is 0 Å². The molecule has 108 valence electrons. The summed E-state index contributed by atoms with van der Waals surface area (Å²) in [5, 5.41) is 21.5. The fourth-order valence-electron chi connectivity index (χ4n) is 2.62. The van der Waals surface area contributed by atoms with Gasteiger partial charge in [-0.3, -0.25) is 0 Å². The van der Waals surface area contributed by atoms with Gasteiger partial charge in [-0.05, 0) is 26.3 Å². The van der Waals surface area contributed by atoms with E-state index in [1.54, 1.807) is 0 Å². The Kier molecular flexibility index (Phi) is 4.76. The summed E-state index contributed by atoms with van der Waals surface area (Å²) >= 11 is 0. The highest BCUT2D eigenvalue weighted by molar-refractivity contribution is 5.26. The van der Waals surface area contributed by atoms with Crippen molar-refractivity contribution in [2.45, 2.75) is 57.7 Å². The number of likely N-dealkylation sites (N-methyl/N-ethyl adjacent to an activating group) is 1. The lowest BCUT2D eigenvalue weighted by molar-refractivity contribution is 0.104. The molecule has 1 aliphatic rings. The predicted octanol–water partition coefficient (Wildman–Crippen LogP) is 1.48. The second-order valence-corrected chi connectivity index (χ2v) is 5.23.